The number of aliphatic carboxylic acids is 1. The highest BCUT2D eigenvalue weighted by molar-refractivity contribution is 5.85. The molecule has 0 aromatic rings. The maximum absolute atomic E-state index is 10.4. The maximum Gasteiger partial charge on any atom is 0.330 e. The highest BCUT2D eigenvalue weighted by Gasteiger charge is 2.19. The van der Waals surface area contributed by atoms with Crippen LogP contribution in [0.25, 0.3) is 0 Å². The van der Waals surface area contributed by atoms with Gasteiger partial charge in [0.2, 0.25) is 0 Å². The first-order chi connectivity index (χ1) is 6.20. The van der Waals surface area contributed by atoms with Crippen molar-refractivity contribution in [3.63, 3.8) is 0 Å². The van der Waals surface area contributed by atoms with E-state index >= 15 is 0 Å². The van der Waals surface area contributed by atoms with Gasteiger partial charge in [0.1, 0.15) is 0 Å². The van der Waals surface area contributed by atoms with Crippen LogP contribution >= 0.6 is 0 Å². The van der Waals surface area contributed by atoms with Gasteiger partial charge in [-0.1, -0.05) is 18.9 Å². The fourth-order valence-corrected chi connectivity index (χ4v) is 1.13. The summed E-state index contributed by atoms with van der Waals surface area (Å²) < 4.78 is 0. The summed E-state index contributed by atoms with van der Waals surface area (Å²) in [6, 6.07) is 0. The number of carboxylic acid groups (broad SMARTS) is 1. The Bertz CT molecular complexity index is 207. The van der Waals surface area contributed by atoms with E-state index in [-0.39, 0.29) is 0 Å². The molecule has 3 nitrogen and oxygen atoms in total. The molecule has 3 heteroatoms. The van der Waals surface area contributed by atoms with Crippen LogP contribution in [0.1, 0.15) is 26.2 Å². The van der Waals surface area contributed by atoms with Crippen LogP contribution in [0.4, 0.5) is 0 Å². The Labute approximate surface area is 78.8 Å². The molecule has 0 radical (unpaired) electrons. The van der Waals surface area contributed by atoms with Crippen molar-refractivity contribution in [2.75, 3.05) is 13.1 Å². The summed E-state index contributed by atoms with van der Waals surface area (Å²) in [7, 11) is 0. The molecule has 1 fully saturated rings. The smallest absolute Gasteiger partial charge is 0.330 e. The lowest BCUT2D eigenvalue weighted by Gasteiger charge is -1.99. The SMILES string of the molecule is CC(=CCNCCC1CC1)C(=O)O. The molecule has 1 saturated carbocycles. The van der Waals surface area contributed by atoms with Crippen LogP contribution in [-0.2, 0) is 4.79 Å². The molecule has 1 rings (SSSR count). The molecule has 0 saturated heterocycles. The molecule has 13 heavy (non-hydrogen) atoms. The van der Waals surface area contributed by atoms with Gasteiger partial charge in [-0.3, -0.25) is 0 Å². The Morgan fingerprint density at radius 1 is 1.62 bits per heavy atom. The van der Waals surface area contributed by atoms with Crippen molar-refractivity contribution in [1.29, 1.82) is 0 Å². The van der Waals surface area contributed by atoms with Crippen LogP contribution in [0.5, 0.6) is 0 Å². The number of hydrogen-bond donors (Lipinski definition) is 2. The van der Waals surface area contributed by atoms with Crippen LogP contribution in [0, 0.1) is 5.92 Å². The molecule has 0 heterocycles. The zero-order chi connectivity index (χ0) is 9.68. The van der Waals surface area contributed by atoms with Crippen LogP contribution < -0.4 is 5.32 Å². The second-order valence-electron chi connectivity index (χ2n) is 3.63. The van der Waals surface area contributed by atoms with E-state index in [9.17, 15) is 4.79 Å². The summed E-state index contributed by atoms with van der Waals surface area (Å²) >= 11 is 0. The summed E-state index contributed by atoms with van der Waals surface area (Å²) in [6.45, 7) is 3.30. The number of carbonyl (C=O) groups is 1. The maximum atomic E-state index is 10.4. The minimum Gasteiger partial charge on any atom is -0.478 e. The molecule has 74 valence electrons. The first kappa shape index (κ1) is 10.3. The predicted molar refractivity (Wildman–Crippen MR) is 51.6 cm³/mol. The van der Waals surface area contributed by atoms with E-state index < -0.39 is 5.97 Å². The summed E-state index contributed by atoms with van der Waals surface area (Å²) in [5.41, 5.74) is 0.416. The molecule has 0 spiro atoms. The average molecular weight is 183 g/mol. The zero-order valence-electron chi connectivity index (χ0n) is 8.05. The highest BCUT2D eigenvalue weighted by atomic mass is 16.4. The van der Waals surface area contributed by atoms with Crippen LogP contribution in [-0.4, -0.2) is 24.2 Å². The van der Waals surface area contributed by atoms with Crippen LogP contribution in [0.15, 0.2) is 11.6 Å². The Morgan fingerprint density at radius 3 is 2.85 bits per heavy atom. The third-order valence-electron chi connectivity index (χ3n) is 2.32. The van der Waals surface area contributed by atoms with Crippen molar-refractivity contribution >= 4 is 5.97 Å². The first-order valence-corrected chi connectivity index (χ1v) is 4.81. The average Bonchev–Trinajstić information content (AvgIpc) is 2.87. The topological polar surface area (TPSA) is 49.3 Å². The molecule has 0 atom stereocenters. The lowest BCUT2D eigenvalue weighted by molar-refractivity contribution is -0.132. The van der Waals surface area contributed by atoms with Gasteiger partial charge in [-0.25, -0.2) is 4.79 Å². The van der Waals surface area contributed by atoms with Crippen molar-refractivity contribution in [1.82, 2.24) is 5.32 Å². The van der Waals surface area contributed by atoms with Crippen LogP contribution in [0.2, 0.25) is 0 Å². The second-order valence-corrected chi connectivity index (χ2v) is 3.63. The van der Waals surface area contributed by atoms with Gasteiger partial charge in [0.15, 0.2) is 0 Å². The van der Waals surface area contributed by atoms with E-state index in [1.165, 1.54) is 19.3 Å². The van der Waals surface area contributed by atoms with E-state index in [2.05, 4.69) is 5.32 Å². The summed E-state index contributed by atoms with van der Waals surface area (Å²) in [6.07, 6.45) is 5.71. The lowest BCUT2D eigenvalue weighted by Crippen LogP contribution is -2.16. The quantitative estimate of drug-likeness (QED) is 0.483. The van der Waals surface area contributed by atoms with Gasteiger partial charge in [0.05, 0.1) is 0 Å². The molecule has 0 unspecified atom stereocenters. The van der Waals surface area contributed by atoms with Gasteiger partial charge < -0.3 is 10.4 Å². The molecule has 0 amide bonds. The molecule has 0 aromatic heterocycles. The Morgan fingerprint density at radius 2 is 2.31 bits per heavy atom. The lowest BCUT2D eigenvalue weighted by atomic mass is 10.2. The van der Waals surface area contributed by atoms with E-state index in [1.807, 2.05) is 0 Å². The summed E-state index contributed by atoms with van der Waals surface area (Å²) in [5.74, 6) is 0.112. The normalized spacial score (nSPS) is 17.5. The van der Waals surface area contributed by atoms with Crippen molar-refractivity contribution in [3.8, 4) is 0 Å². The fraction of sp³-hybridized carbons (Fsp3) is 0.700. The van der Waals surface area contributed by atoms with E-state index in [0.29, 0.717) is 12.1 Å². The number of carboxylic acids is 1. The minimum absolute atomic E-state index is 0.416. The van der Waals surface area contributed by atoms with Gasteiger partial charge in [-0.2, -0.15) is 0 Å². The predicted octanol–water partition coefficient (Wildman–Crippen LogP) is 1.41. The molecule has 0 bridgehead atoms. The number of hydrogen-bond acceptors (Lipinski definition) is 2. The van der Waals surface area contributed by atoms with Gasteiger partial charge in [-0.05, 0) is 25.8 Å². The summed E-state index contributed by atoms with van der Waals surface area (Å²) in [5, 5.41) is 11.7. The Kier molecular flexibility index (Phi) is 3.96. The van der Waals surface area contributed by atoms with E-state index in [4.69, 9.17) is 5.11 Å². The third-order valence-corrected chi connectivity index (χ3v) is 2.32. The monoisotopic (exact) mass is 183 g/mol. The number of rotatable bonds is 6. The van der Waals surface area contributed by atoms with E-state index in [1.54, 1.807) is 13.0 Å². The van der Waals surface area contributed by atoms with Crippen molar-refractivity contribution < 1.29 is 9.90 Å². The summed E-state index contributed by atoms with van der Waals surface area (Å²) in [4.78, 5) is 10.4. The first-order valence-electron chi connectivity index (χ1n) is 4.81. The largest absolute Gasteiger partial charge is 0.478 e. The molecule has 2 N–H and O–H groups in total. The van der Waals surface area contributed by atoms with Crippen molar-refractivity contribution in [2.24, 2.45) is 5.92 Å². The zero-order valence-corrected chi connectivity index (χ0v) is 8.05. The molecule has 1 aliphatic rings. The van der Waals surface area contributed by atoms with Crippen LogP contribution in [0.3, 0.4) is 0 Å². The molecule has 1 aliphatic carbocycles. The van der Waals surface area contributed by atoms with Gasteiger partial charge in [0.25, 0.3) is 0 Å². The van der Waals surface area contributed by atoms with Gasteiger partial charge in [-0.15, -0.1) is 0 Å². The highest BCUT2D eigenvalue weighted by Crippen LogP contribution is 2.31. The number of nitrogens with one attached hydrogen (secondary N) is 1. The van der Waals surface area contributed by atoms with Gasteiger partial charge in [0, 0.05) is 12.1 Å². The van der Waals surface area contributed by atoms with Crippen molar-refractivity contribution in [2.45, 2.75) is 26.2 Å². The molecule has 0 aliphatic heterocycles. The second kappa shape index (κ2) is 5.02. The third kappa shape index (κ3) is 4.68. The van der Waals surface area contributed by atoms with Gasteiger partial charge >= 0.3 is 5.97 Å². The standard InChI is InChI=1S/C10H17NO2/c1-8(10(12)13)4-6-11-7-5-9-2-3-9/h4,9,11H,2-3,5-7H2,1H3,(H,12,13). The fourth-order valence-electron chi connectivity index (χ4n) is 1.13. The Hall–Kier alpha value is -0.830. The molecular formula is C10H17NO2. The van der Waals surface area contributed by atoms with E-state index in [0.717, 1.165) is 12.5 Å². The van der Waals surface area contributed by atoms with Crippen molar-refractivity contribution in [3.05, 3.63) is 11.6 Å². The molecule has 0 aromatic carbocycles. The minimum atomic E-state index is -0.830. The Balaban J connectivity index is 1.98. The molecular weight excluding hydrogens is 166 g/mol.